The van der Waals surface area contributed by atoms with Gasteiger partial charge in [0.2, 0.25) is 5.91 Å². The van der Waals surface area contributed by atoms with Gasteiger partial charge in [-0.2, -0.15) is 5.26 Å². The number of hydrogen-bond acceptors (Lipinski definition) is 2. The molecule has 1 atom stereocenters. The van der Waals surface area contributed by atoms with E-state index in [1.165, 1.54) is 0 Å². The number of nitrogens with zero attached hydrogens (tertiary/aromatic N) is 1. The summed E-state index contributed by atoms with van der Waals surface area (Å²) in [5.74, 6) is 2.37. The van der Waals surface area contributed by atoms with Crippen LogP contribution in [-0.2, 0) is 4.79 Å². The second-order valence-electron chi connectivity index (χ2n) is 3.68. The lowest BCUT2D eigenvalue weighted by atomic mass is 10.1. The molecular weight excluding hydrogens is 176 g/mol. The molecule has 0 spiro atoms. The number of carbonyl (C=O) groups excluding carboxylic acids is 1. The third-order valence-corrected chi connectivity index (χ3v) is 2.59. The average molecular weight is 190 g/mol. The van der Waals surface area contributed by atoms with Gasteiger partial charge in [-0.3, -0.25) is 4.79 Å². The van der Waals surface area contributed by atoms with Gasteiger partial charge in [-0.15, -0.1) is 12.3 Å². The Morgan fingerprint density at radius 1 is 1.71 bits per heavy atom. The van der Waals surface area contributed by atoms with Gasteiger partial charge in [0.1, 0.15) is 5.41 Å². The summed E-state index contributed by atoms with van der Waals surface area (Å²) in [5, 5.41) is 11.6. The zero-order valence-corrected chi connectivity index (χ0v) is 8.34. The number of hydrogen-bond donors (Lipinski definition) is 1. The first kappa shape index (κ1) is 10.6. The van der Waals surface area contributed by atoms with Crippen molar-refractivity contribution in [3.05, 3.63) is 0 Å². The largest absolute Gasteiger partial charge is 0.351 e. The van der Waals surface area contributed by atoms with Crippen molar-refractivity contribution < 1.29 is 4.79 Å². The van der Waals surface area contributed by atoms with E-state index in [4.69, 9.17) is 11.7 Å². The van der Waals surface area contributed by atoms with Crippen LogP contribution in [0.1, 0.15) is 32.6 Å². The van der Waals surface area contributed by atoms with E-state index in [1.807, 2.05) is 6.92 Å². The molecule has 1 saturated carbocycles. The maximum atomic E-state index is 11.6. The van der Waals surface area contributed by atoms with Crippen LogP contribution in [0.25, 0.3) is 0 Å². The van der Waals surface area contributed by atoms with Gasteiger partial charge in [0.15, 0.2) is 0 Å². The van der Waals surface area contributed by atoms with Crippen LogP contribution in [0.4, 0.5) is 0 Å². The van der Waals surface area contributed by atoms with Gasteiger partial charge in [-0.05, 0) is 19.3 Å². The molecule has 14 heavy (non-hydrogen) atoms. The molecule has 0 aromatic carbocycles. The Kier molecular flexibility index (Phi) is 3.14. The van der Waals surface area contributed by atoms with E-state index in [0.29, 0.717) is 19.3 Å². The van der Waals surface area contributed by atoms with E-state index in [0.717, 1.165) is 6.42 Å². The van der Waals surface area contributed by atoms with Crippen molar-refractivity contribution in [1.82, 2.24) is 5.32 Å². The quantitative estimate of drug-likeness (QED) is 0.677. The highest BCUT2D eigenvalue weighted by atomic mass is 16.2. The first-order chi connectivity index (χ1) is 6.68. The number of carbonyl (C=O) groups is 1. The van der Waals surface area contributed by atoms with Crippen LogP contribution in [0.15, 0.2) is 0 Å². The second kappa shape index (κ2) is 4.15. The molecule has 1 aliphatic carbocycles. The van der Waals surface area contributed by atoms with Gasteiger partial charge >= 0.3 is 0 Å². The van der Waals surface area contributed by atoms with E-state index >= 15 is 0 Å². The fourth-order valence-corrected chi connectivity index (χ4v) is 1.28. The number of rotatable bonds is 4. The predicted molar refractivity (Wildman–Crippen MR) is 53.0 cm³/mol. The standard InChI is InChI=1S/C11H14N2O/c1-3-5-9(4-2)13-10(14)11(8-12)6-7-11/h1,9H,4-7H2,2H3,(H,13,14). The second-order valence-corrected chi connectivity index (χ2v) is 3.68. The number of nitrogens with one attached hydrogen (secondary N) is 1. The van der Waals surface area contributed by atoms with Crippen molar-refractivity contribution in [3.8, 4) is 18.4 Å². The molecule has 0 bridgehead atoms. The minimum absolute atomic E-state index is 0.0123. The molecule has 0 aliphatic heterocycles. The third kappa shape index (κ3) is 2.06. The van der Waals surface area contributed by atoms with Gasteiger partial charge in [0.05, 0.1) is 6.07 Å². The van der Waals surface area contributed by atoms with Gasteiger partial charge in [0.25, 0.3) is 0 Å². The molecule has 1 N–H and O–H groups in total. The summed E-state index contributed by atoms with van der Waals surface area (Å²) in [7, 11) is 0. The zero-order chi connectivity index (χ0) is 10.6. The summed E-state index contributed by atoms with van der Waals surface area (Å²) >= 11 is 0. The van der Waals surface area contributed by atoms with Gasteiger partial charge in [0, 0.05) is 12.5 Å². The highest BCUT2D eigenvalue weighted by Gasteiger charge is 2.50. The summed E-state index contributed by atoms with van der Waals surface area (Å²) in [4.78, 5) is 11.6. The molecule has 1 unspecified atom stereocenters. The molecule has 0 aromatic rings. The van der Waals surface area contributed by atoms with Crippen molar-refractivity contribution in [2.75, 3.05) is 0 Å². The maximum absolute atomic E-state index is 11.6. The predicted octanol–water partition coefficient (Wildman–Crippen LogP) is 1.21. The van der Waals surface area contributed by atoms with Crippen LogP contribution in [-0.4, -0.2) is 11.9 Å². The fraction of sp³-hybridized carbons (Fsp3) is 0.636. The zero-order valence-electron chi connectivity index (χ0n) is 8.34. The number of nitriles is 1. The Hall–Kier alpha value is -1.48. The van der Waals surface area contributed by atoms with Crippen molar-refractivity contribution >= 4 is 5.91 Å². The molecule has 3 heteroatoms. The lowest BCUT2D eigenvalue weighted by Gasteiger charge is -2.15. The van der Waals surface area contributed by atoms with Gasteiger partial charge < -0.3 is 5.32 Å². The van der Waals surface area contributed by atoms with Crippen LogP contribution in [0.5, 0.6) is 0 Å². The van der Waals surface area contributed by atoms with Gasteiger partial charge in [-0.1, -0.05) is 6.92 Å². The van der Waals surface area contributed by atoms with E-state index < -0.39 is 5.41 Å². The summed E-state index contributed by atoms with van der Waals surface area (Å²) in [6.45, 7) is 1.97. The van der Waals surface area contributed by atoms with E-state index in [-0.39, 0.29) is 11.9 Å². The van der Waals surface area contributed by atoms with Crippen molar-refractivity contribution in [3.63, 3.8) is 0 Å². The molecule has 1 rings (SSSR count). The summed E-state index contributed by atoms with van der Waals surface area (Å²) in [6.07, 6.45) is 7.87. The van der Waals surface area contributed by atoms with Crippen LogP contribution < -0.4 is 5.32 Å². The summed E-state index contributed by atoms with van der Waals surface area (Å²) in [6, 6.07) is 2.07. The van der Waals surface area contributed by atoms with E-state index in [2.05, 4.69) is 17.3 Å². The molecule has 1 fully saturated rings. The van der Waals surface area contributed by atoms with Crippen molar-refractivity contribution in [2.45, 2.75) is 38.6 Å². The normalized spacial score (nSPS) is 18.8. The Balaban J connectivity index is 2.48. The molecule has 74 valence electrons. The van der Waals surface area contributed by atoms with E-state index in [1.54, 1.807) is 0 Å². The molecule has 1 amide bonds. The topological polar surface area (TPSA) is 52.9 Å². The summed E-state index contributed by atoms with van der Waals surface area (Å²) < 4.78 is 0. The Labute approximate surface area is 84.5 Å². The molecule has 0 heterocycles. The molecular formula is C11H14N2O. The van der Waals surface area contributed by atoms with Gasteiger partial charge in [-0.25, -0.2) is 0 Å². The Morgan fingerprint density at radius 3 is 2.71 bits per heavy atom. The first-order valence-electron chi connectivity index (χ1n) is 4.84. The SMILES string of the molecule is C#CCC(CC)NC(=O)C1(C#N)CC1. The lowest BCUT2D eigenvalue weighted by molar-refractivity contribution is -0.125. The Bertz CT molecular complexity index is 304. The Morgan fingerprint density at radius 2 is 2.36 bits per heavy atom. The average Bonchev–Trinajstić information content (AvgIpc) is 2.97. The minimum Gasteiger partial charge on any atom is -0.351 e. The minimum atomic E-state index is -0.734. The molecule has 3 nitrogen and oxygen atoms in total. The highest BCUT2D eigenvalue weighted by molar-refractivity contribution is 5.88. The monoisotopic (exact) mass is 190 g/mol. The number of amides is 1. The maximum Gasteiger partial charge on any atom is 0.240 e. The van der Waals surface area contributed by atoms with E-state index in [9.17, 15) is 4.79 Å². The van der Waals surface area contributed by atoms with Crippen LogP contribution in [0.2, 0.25) is 0 Å². The third-order valence-electron chi connectivity index (χ3n) is 2.59. The first-order valence-corrected chi connectivity index (χ1v) is 4.84. The van der Waals surface area contributed by atoms with Crippen LogP contribution in [0.3, 0.4) is 0 Å². The molecule has 0 radical (unpaired) electrons. The van der Waals surface area contributed by atoms with Crippen LogP contribution in [0, 0.1) is 29.1 Å². The fourth-order valence-electron chi connectivity index (χ4n) is 1.28. The van der Waals surface area contributed by atoms with Crippen LogP contribution >= 0.6 is 0 Å². The molecule has 1 aliphatic rings. The smallest absolute Gasteiger partial charge is 0.240 e. The molecule has 0 saturated heterocycles. The lowest BCUT2D eigenvalue weighted by Crippen LogP contribution is -2.38. The van der Waals surface area contributed by atoms with Crippen molar-refractivity contribution in [1.29, 1.82) is 5.26 Å². The highest BCUT2D eigenvalue weighted by Crippen LogP contribution is 2.45. The van der Waals surface area contributed by atoms with Crippen molar-refractivity contribution in [2.24, 2.45) is 5.41 Å². The summed E-state index contributed by atoms with van der Waals surface area (Å²) in [5.41, 5.74) is -0.734. The number of terminal acetylenes is 1. The molecule has 0 aromatic heterocycles.